The second-order valence-corrected chi connectivity index (χ2v) is 7.49. The van der Waals surface area contributed by atoms with Crippen molar-refractivity contribution in [2.75, 3.05) is 13.2 Å². The third-order valence-corrected chi connectivity index (χ3v) is 4.46. The largest absolute Gasteiger partial charge is 0.376 e. The van der Waals surface area contributed by atoms with Crippen LogP contribution in [-0.4, -0.2) is 24.8 Å². The second kappa shape index (κ2) is 7.64. The normalized spacial score (nSPS) is 28.9. The van der Waals surface area contributed by atoms with E-state index in [0.29, 0.717) is 6.04 Å². The maximum Gasteiger partial charge on any atom is 0.0598 e. The number of rotatable bonds is 6. The molecule has 2 heteroatoms. The summed E-state index contributed by atoms with van der Waals surface area (Å²) in [6, 6.07) is 0.712. The molecular weight excluding hydrogens is 234 g/mol. The summed E-state index contributed by atoms with van der Waals surface area (Å²) >= 11 is 0. The Hall–Kier alpha value is -0.0800. The smallest absolute Gasteiger partial charge is 0.0598 e. The van der Waals surface area contributed by atoms with Crippen molar-refractivity contribution in [3.63, 3.8) is 0 Å². The molecule has 0 spiro atoms. The topological polar surface area (TPSA) is 21.3 Å². The summed E-state index contributed by atoms with van der Waals surface area (Å²) < 4.78 is 5.93. The van der Waals surface area contributed by atoms with Crippen molar-refractivity contribution in [3.05, 3.63) is 0 Å². The second-order valence-electron chi connectivity index (χ2n) is 7.49. The minimum Gasteiger partial charge on any atom is -0.376 e. The number of nitrogens with one attached hydrogen (secondary N) is 1. The van der Waals surface area contributed by atoms with Gasteiger partial charge in [-0.1, -0.05) is 20.8 Å². The molecule has 0 aromatic rings. The highest BCUT2D eigenvalue weighted by Gasteiger charge is 2.31. The van der Waals surface area contributed by atoms with Gasteiger partial charge in [-0.2, -0.15) is 0 Å². The van der Waals surface area contributed by atoms with Crippen molar-refractivity contribution in [1.29, 1.82) is 0 Å². The molecule has 0 saturated heterocycles. The van der Waals surface area contributed by atoms with Gasteiger partial charge in [0.25, 0.3) is 0 Å². The quantitative estimate of drug-likeness (QED) is 0.778. The van der Waals surface area contributed by atoms with Crippen molar-refractivity contribution in [1.82, 2.24) is 5.32 Å². The molecule has 114 valence electrons. The molecule has 1 aliphatic rings. The lowest BCUT2D eigenvalue weighted by molar-refractivity contribution is -0.0154. The standard InChI is InChI=1S/C17H35NO/c1-7-18-16-9-8-14(13(2)3)12-15(16)10-11-19-17(4,5)6/h13-16,18H,7-12H2,1-6H3. The SMILES string of the molecule is CCNC1CCC(C(C)C)CC1CCOC(C)(C)C. The third-order valence-electron chi connectivity index (χ3n) is 4.46. The van der Waals surface area contributed by atoms with Crippen molar-refractivity contribution in [2.24, 2.45) is 17.8 Å². The Morgan fingerprint density at radius 2 is 1.89 bits per heavy atom. The van der Waals surface area contributed by atoms with Crippen LogP contribution in [0.25, 0.3) is 0 Å². The van der Waals surface area contributed by atoms with E-state index in [1.165, 1.54) is 25.7 Å². The number of hydrogen-bond donors (Lipinski definition) is 1. The molecule has 2 nitrogen and oxygen atoms in total. The van der Waals surface area contributed by atoms with E-state index in [-0.39, 0.29) is 5.60 Å². The van der Waals surface area contributed by atoms with Gasteiger partial charge in [0.1, 0.15) is 0 Å². The van der Waals surface area contributed by atoms with E-state index in [9.17, 15) is 0 Å². The average molecular weight is 269 g/mol. The van der Waals surface area contributed by atoms with E-state index in [1.54, 1.807) is 0 Å². The fourth-order valence-electron chi connectivity index (χ4n) is 3.27. The Morgan fingerprint density at radius 3 is 2.42 bits per heavy atom. The van der Waals surface area contributed by atoms with E-state index in [1.807, 2.05) is 0 Å². The van der Waals surface area contributed by atoms with Gasteiger partial charge in [-0.3, -0.25) is 0 Å². The first kappa shape index (κ1) is 17.0. The molecule has 0 aromatic heterocycles. The zero-order valence-electron chi connectivity index (χ0n) is 14.0. The van der Waals surface area contributed by atoms with Gasteiger partial charge in [-0.05, 0) is 70.8 Å². The molecule has 1 aliphatic carbocycles. The van der Waals surface area contributed by atoms with E-state index < -0.39 is 0 Å². The molecule has 0 bridgehead atoms. The van der Waals surface area contributed by atoms with Gasteiger partial charge >= 0.3 is 0 Å². The van der Waals surface area contributed by atoms with Crippen molar-refractivity contribution >= 4 is 0 Å². The van der Waals surface area contributed by atoms with E-state index in [4.69, 9.17) is 4.74 Å². The van der Waals surface area contributed by atoms with Crippen LogP contribution >= 0.6 is 0 Å². The maximum absolute atomic E-state index is 5.93. The fourth-order valence-corrected chi connectivity index (χ4v) is 3.27. The first-order valence-corrected chi connectivity index (χ1v) is 8.20. The van der Waals surface area contributed by atoms with Crippen LogP contribution in [0.3, 0.4) is 0 Å². The Bertz CT molecular complexity index is 244. The van der Waals surface area contributed by atoms with Crippen LogP contribution in [0.4, 0.5) is 0 Å². The first-order chi connectivity index (χ1) is 8.83. The summed E-state index contributed by atoms with van der Waals surface area (Å²) in [5.41, 5.74) is -0.000201. The van der Waals surface area contributed by atoms with Gasteiger partial charge in [0.15, 0.2) is 0 Å². The van der Waals surface area contributed by atoms with Gasteiger partial charge in [0.05, 0.1) is 5.60 Å². The van der Waals surface area contributed by atoms with E-state index >= 15 is 0 Å². The van der Waals surface area contributed by atoms with Crippen molar-refractivity contribution in [2.45, 2.75) is 78.9 Å². The number of ether oxygens (including phenoxy) is 1. The molecule has 0 amide bonds. The molecule has 1 fully saturated rings. The summed E-state index contributed by atoms with van der Waals surface area (Å²) in [6.07, 6.45) is 5.32. The molecular formula is C17H35NO. The monoisotopic (exact) mass is 269 g/mol. The molecule has 19 heavy (non-hydrogen) atoms. The Kier molecular flexibility index (Phi) is 6.82. The van der Waals surface area contributed by atoms with Crippen molar-refractivity contribution < 1.29 is 4.74 Å². The van der Waals surface area contributed by atoms with Crippen LogP contribution in [0.15, 0.2) is 0 Å². The van der Waals surface area contributed by atoms with E-state index in [2.05, 4.69) is 46.9 Å². The van der Waals surface area contributed by atoms with E-state index in [0.717, 1.165) is 30.9 Å². The molecule has 0 heterocycles. The summed E-state index contributed by atoms with van der Waals surface area (Å²) in [6.45, 7) is 15.4. The molecule has 3 atom stereocenters. The Morgan fingerprint density at radius 1 is 1.21 bits per heavy atom. The van der Waals surface area contributed by atoms with Crippen LogP contribution in [0.1, 0.15) is 67.2 Å². The molecule has 0 aliphatic heterocycles. The summed E-state index contributed by atoms with van der Waals surface area (Å²) in [5.74, 6) is 2.53. The molecule has 3 unspecified atom stereocenters. The zero-order valence-corrected chi connectivity index (χ0v) is 14.0. The lowest BCUT2D eigenvalue weighted by Gasteiger charge is -2.38. The Labute approximate surface area is 120 Å². The summed E-state index contributed by atoms with van der Waals surface area (Å²) in [4.78, 5) is 0. The lowest BCUT2D eigenvalue weighted by Crippen LogP contribution is -2.42. The lowest BCUT2D eigenvalue weighted by atomic mass is 9.72. The fraction of sp³-hybridized carbons (Fsp3) is 1.00. The van der Waals surface area contributed by atoms with Gasteiger partial charge in [-0.15, -0.1) is 0 Å². The maximum atomic E-state index is 5.93. The zero-order chi connectivity index (χ0) is 14.5. The van der Waals surface area contributed by atoms with Gasteiger partial charge in [-0.25, -0.2) is 0 Å². The van der Waals surface area contributed by atoms with Crippen LogP contribution < -0.4 is 5.32 Å². The Balaban J connectivity index is 2.47. The minimum atomic E-state index is -0.000201. The average Bonchev–Trinajstić information content (AvgIpc) is 2.29. The van der Waals surface area contributed by atoms with Gasteiger partial charge in [0, 0.05) is 12.6 Å². The van der Waals surface area contributed by atoms with Crippen LogP contribution in [0, 0.1) is 17.8 Å². The van der Waals surface area contributed by atoms with Crippen LogP contribution in [0.5, 0.6) is 0 Å². The highest BCUT2D eigenvalue weighted by molar-refractivity contribution is 4.85. The summed E-state index contributed by atoms with van der Waals surface area (Å²) in [5, 5.41) is 3.69. The first-order valence-electron chi connectivity index (χ1n) is 8.20. The predicted molar refractivity (Wildman–Crippen MR) is 83.5 cm³/mol. The van der Waals surface area contributed by atoms with Crippen LogP contribution in [-0.2, 0) is 4.74 Å². The van der Waals surface area contributed by atoms with Crippen LogP contribution in [0.2, 0.25) is 0 Å². The molecule has 1 saturated carbocycles. The molecule has 0 radical (unpaired) electrons. The van der Waals surface area contributed by atoms with Gasteiger partial charge < -0.3 is 10.1 Å². The molecule has 1 rings (SSSR count). The minimum absolute atomic E-state index is 0.000201. The highest BCUT2D eigenvalue weighted by Crippen LogP contribution is 2.35. The molecule has 1 N–H and O–H groups in total. The molecule has 0 aromatic carbocycles. The third kappa shape index (κ3) is 6.27. The highest BCUT2D eigenvalue weighted by atomic mass is 16.5. The number of hydrogen-bond acceptors (Lipinski definition) is 2. The van der Waals surface area contributed by atoms with Crippen molar-refractivity contribution in [3.8, 4) is 0 Å². The van der Waals surface area contributed by atoms with Gasteiger partial charge in [0.2, 0.25) is 0 Å². The predicted octanol–water partition coefficient (Wildman–Crippen LogP) is 4.24. The summed E-state index contributed by atoms with van der Waals surface area (Å²) in [7, 11) is 0.